The van der Waals surface area contributed by atoms with Gasteiger partial charge in [-0.05, 0) is 48.9 Å². The number of benzene rings is 1. The van der Waals surface area contributed by atoms with Crippen LogP contribution in [0.5, 0.6) is 0 Å². The molecule has 21 heavy (non-hydrogen) atoms. The number of nitrogens with one attached hydrogen (secondary N) is 1. The first-order chi connectivity index (χ1) is 10.2. The molecule has 4 heteroatoms. The SMILES string of the molecule is CCCC(=O)Nc1ccc2c(c1)CN(C(=O)C1CC1)CC2. The van der Waals surface area contributed by atoms with Gasteiger partial charge < -0.3 is 10.2 Å². The zero-order valence-electron chi connectivity index (χ0n) is 12.5. The average Bonchev–Trinajstić information content (AvgIpc) is 3.30. The van der Waals surface area contributed by atoms with Crippen molar-refractivity contribution in [1.29, 1.82) is 0 Å². The molecule has 1 aliphatic heterocycles. The third kappa shape index (κ3) is 3.26. The normalized spacial score (nSPS) is 17.3. The average molecular weight is 286 g/mol. The third-order valence-electron chi connectivity index (χ3n) is 4.22. The van der Waals surface area contributed by atoms with Crippen LogP contribution in [0.4, 0.5) is 5.69 Å². The van der Waals surface area contributed by atoms with E-state index < -0.39 is 0 Å². The topological polar surface area (TPSA) is 49.4 Å². The molecule has 3 rings (SSSR count). The van der Waals surface area contributed by atoms with Crippen molar-refractivity contribution in [2.24, 2.45) is 5.92 Å². The Hall–Kier alpha value is -1.84. The van der Waals surface area contributed by atoms with Gasteiger partial charge >= 0.3 is 0 Å². The molecule has 0 atom stereocenters. The first-order valence-electron chi connectivity index (χ1n) is 7.88. The smallest absolute Gasteiger partial charge is 0.225 e. The molecule has 1 aromatic rings. The second kappa shape index (κ2) is 5.88. The largest absolute Gasteiger partial charge is 0.338 e. The van der Waals surface area contributed by atoms with E-state index in [2.05, 4.69) is 11.4 Å². The van der Waals surface area contributed by atoms with Gasteiger partial charge in [0.05, 0.1) is 0 Å². The second-order valence-electron chi connectivity index (χ2n) is 6.07. The van der Waals surface area contributed by atoms with Gasteiger partial charge in [-0.3, -0.25) is 9.59 Å². The van der Waals surface area contributed by atoms with E-state index in [0.717, 1.165) is 37.9 Å². The van der Waals surface area contributed by atoms with Crippen molar-refractivity contribution in [2.45, 2.75) is 45.6 Å². The third-order valence-corrected chi connectivity index (χ3v) is 4.22. The molecule has 0 unspecified atom stereocenters. The Labute approximate surface area is 125 Å². The second-order valence-corrected chi connectivity index (χ2v) is 6.07. The molecule has 0 bridgehead atoms. The Kier molecular flexibility index (Phi) is 3.95. The summed E-state index contributed by atoms with van der Waals surface area (Å²) >= 11 is 0. The van der Waals surface area contributed by atoms with E-state index in [1.807, 2.05) is 24.0 Å². The standard InChI is InChI=1S/C17H22N2O2/c1-2-3-16(20)18-15-7-6-12-8-9-19(11-14(12)10-15)17(21)13-4-5-13/h6-7,10,13H,2-5,8-9,11H2,1H3,(H,18,20). The highest BCUT2D eigenvalue weighted by molar-refractivity contribution is 5.90. The predicted octanol–water partition coefficient (Wildman–Crippen LogP) is 2.72. The van der Waals surface area contributed by atoms with Crippen LogP contribution >= 0.6 is 0 Å². The monoisotopic (exact) mass is 286 g/mol. The Balaban J connectivity index is 1.70. The van der Waals surface area contributed by atoms with Gasteiger partial charge in [-0.15, -0.1) is 0 Å². The molecule has 0 spiro atoms. The van der Waals surface area contributed by atoms with Crippen LogP contribution in [-0.4, -0.2) is 23.3 Å². The number of rotatable bonds is 4. The first-order valence-corrected chi connectivity index (χ1v) is 7.88. The van der Waals surface area contributed by atoms with E-state index in [4.69, 9.17) is 0 Å². The highest BCUT2D eigenvalue weighted by Crippen LogP contribution is 2.33. The molecular weight excluding hydrogens is 264 g/mol. The van der Waals surface area contributed by atoms with E-state index in [-0.39, 0.29) is 11.8 Å². The molecule has 1 fully saturated rings. The number of nitrogens with zero attached hydrogens (tertiary/aromatic N) is 1. The quantitative estimate of drug-likeness (QED) is 0.925. The van der Waals surface area contributed by atoms with E-state index in [1.54, 1.807) is 0 Å². The highest BCUT2D eigenvalue weighted by Gasteiger charge is 2.34. The molecule has 4 nitrogen and oxygen atoms in total. The van der Waals surface area contributed by atoms with Crippen molar-refractivity contribution in [1.82, 2.24) is 4.90 Å². The lowest BCUT2D eigenvalue weighted by molar-refractivity contribution is -0.133. The van der Waals surface area contributed by atoms with Gasteiger partial charge in [0.1, 0.15) is 0 Å². The van der Waals surface area contributed by atoms with Crippen molar-refractivity contribution < 1.29 is 9.59 Å². The van der Waals surface area contributed by atoms with Crippen molar-refractivity contribution in [3.63, 3.8) is 0 Å². The number of anilines is 1. The van der Waals surface area contributed by atoms with Crippen LogP contribution in [0.25, 0.3) is 0 Å². The Morgan fingerprint density at radius 2 is 2.10 bits per heavy atom. The van der Waals surface area contributed by atoms with Crippen molar-refractivity contribution >= 4 is 17.5 Å². The van der Waals surface area contributed by atoms with Gasteiger partial charge in [0.25, 0.3) is 0 Å². The summed E-state index contributed by atoms with van der Waals surface area (Å²) in [6.07, 6.45) is 4.41. The van der Waals surface area contributed by atoms with Gasteiger partial charge in [0.2, 0.25) is 11.8 Å². The maximum Gasteiger partial charge on any atom is 0.225 e. The predicted molar refractivity (Wildman–Crippen MR) is 81.8 cm³/mol. The van der Waals surface area contributed by atoms with Gasteiger partial charge in [-0.25, -0.2) is 0 Å². The maximum atomic E-state index is 12.2. The number of amides is 2. The van der Waals surface area contributed by atoms with Gasteiger partial charge in [-0.2, -0.15) is 0 Å². The summed E-state index contributed by atoms with van der Waals surface area (Å²) in [6.45, 7) is 3.50. The molecule has 2 amide bonds. The van der Waals surface area contributed by atoms with Crippen LogP contribution in [0.15, 0.2) is 18.2 Å². The van der Waals surface area contributed by atoms with Crippen LogP contribution in [-0.2, 0) is 22.6 Å². The molecule has 1 N–H and O–H groups in total. The van der Waals surface area contributed by atoms with Crippen LogP contribution < -0.4 is 5.32 Å². The lowest BCUT2D eigenvalue weighted by atomic mass is 9.98. The number of fused-ring (bicyclic) bond motifs is 1. The van der Waals surface area contributed by atoms with Gasteiger partial charge in [0.15, 0.2) is 0 Å². The van der Waals surface area contributed by atoms with E-state index in [1.165, 1.54) is 11.1 Å². The zero-order chi connectivity index (χ0) is 14.8. The summed E-state index contributed by atoms with van der Waals surface area (Å²) in [6, 6.07) is 6.07. The molecule has 1 saturated carbocycles. The summed E-state index contributed by atoms with van der Waals surface area (Å²) in [5.74, 6) is 0.638. The van der Waals surface area contributed by atoms with Crippen LogP contribution in [0.2, 0.25) is 0 Å². The van der Waals surface area contributed by atoms with E-state index in [0.29, 0.717) is 18.9 Å². The Bertz CT molecular complexity index is 564. The fourth-order valence-corrected chi connectivity index (χ4v) is 2.86. The van der Waals surface area contributed by atoms with E-state index >= 15 is 0 Å². The fraction of sp³-hybridized carbons (Fsp3) is 0.529. The van der Waals surface area contributed by atoms with Crippen LogP contribution in [0.1, 0.15) is 43.7 Å². The molecular formula is C17H22N2O2. The molecule has 1 aromatic carbocycles. The number of hydrogen-bond acceptors (Lipinski definition) is 2. The molecule has 112 valence electrons. The number of carbonyl (C=O) groups is 2. The minimum Gasteiger partial charge on any atom is -0.338 e. The Morgan fingerprint density at radius 1 is 1.29 bits per heavy atom. The molecule has 1 aliphatic carbocycles. The van der Waals surface area contributed by atoms with Crippen LogP contribution in [0.3, 0.4) is 0 Å². The molecule has 0 aromatic heterocycles. The maximum absolute atomic E-state index is 12.2. The van der Waals surface area contributed by atoms with Gasteiger partial charge in [0, 0.05) is 31.1 Å². The first kappa shape index (κ1) is 14.1. The Morgan fingerprint density at radius 3 is 2.81 bits per heavy atom. The highest BCUT2D eigenvalue weighted by atomic mass is 16.2. The molecule has 0 saturated heterocycles. The number of hydrogen-bond donors (Lipinski definition) is 1. The van der Waals surface area contributed by atoms with Crippen LogP contribution in [0, 0.1) is 5.92 Å². The minimum absolute atomic E-state index is 0.0548. The molecule has 1 heterocycles. The summed E-state index contributed by atoms with van der Waals surface area (Å²) in [7, 11) is 0. The molecule has 0 radical (unpaired) electrons. The summed E-state index contributed by atoms with van der Waals surface area (Å²) < 4.78 is 0. The minimum atomic E-state index is 0.0548. The summed E-state index contributed by atoms with van der Waals surface area (Å²) in [4.78, 5) is 25.8. The lowest BCUT2D eigenvalue weighted by Gasteiger charge is -2.29. The summed E-state index contributed by atoms with van der Waals surface area (Å²) in [5.41, 5.74) is 3.31. The van der Waals surface area contributed by atoms with Gasteiger partial charge in [-0.1, -0.05) is 13.0 Å². The zero-order valence-corrected chi connectivity index (χ0v) is 12.5. The van der Waals surface area contributed by atoms with E-state index in [9.17, 15) is 9.59 Å². The van der Waals surface area contributed by atoms with Crippen molar-refractivity contribution in [3.05, 3.63) is 29.3 Å². The fourth-order valence-electron chi connectivity index (χ4n) is 2.86. The summed E-state index contributed by atoms with van der Waals surface area (Å²) in [5, 5.41) is 2.93. The number of carbonyl (C=O) groups excluding carboxylic acids is 2. The van der Waals surface area contributed by atoms with Crippen molar-refractivity contribution in [3.8, 4) is 0 Å². The lowest BCUT2D eigenvalue weighted by Crippen LogP contribution is -2.36. The molecule has 2 aliphatic rings. The van der Waals surface area contributed by atoms with Crippen molar-refractivity contribution in [2.75, 3.05) is 11.9 Å².